The number of hydrogen-bond acceptors (Lipinski definition) is 6. The molecule has 7 heteroatoms. The van der Waals surface area contributed by atoms with Gasteiger partial charge in [0, 0.05) is 24.5 Å². The summed E-state index contributed by atoms with van der Waals surface area (Å²) in [6, 6.07) is 0. The minimum atomic E-state index is -0.848. The fourth-order valence-electron chi connectivity index (χ4n) is 2.04. The van der Waals surface area contributed by atoms with Gasteiger partial charge in [-0.1, -0.05) is 0 Å². The van der Waals surface area contributed by atoms with Crippen molar-refractivity contribution in [3.8, 4) is 0 Å². The Morgan fingerprint density at radius 2 is 1.82 bits per heavy atom. The molecule has 1 N–H and O–H groups in total. The lowest BCUT2D eigenvalue weighted by molar-refractivity contribution is -0.136. The fourth-order valence-corrected chi connectivity index (χ4v) is 3.24. The Hall–Kier alpha value is -1.60. The van der Waals surface area contributed by atoms with Crippen molar-refractivity contribution in [2.24, 2.45) is 0 Å². The standard InChI is InChI=1S/C15H24N2O4S/c1-10-11(2)22-14(13(10)15(20)21-5)17(7-6-12(18)19)9-8-16(3)4/h6-9H2,1-5H3,(H,18,19). The van der Waals surface area contributed by atoms with Crippen molar-refractivity contribution >= 4 is 28.3 Å². The number of esters is 1. The highest BCUT2D eigenvalue weighted by molar-refractivity contribution is 7.16. The first-order chi connectivity index (χ1) is 10.3. The number of carbonyl (C=O) groups excluding carboxylic acids is 1. The van der Waals surface area contributed by atoms with Crippen LogP contribution in [0.3, 0.4) is 0 Å². The summed E-state index contributed by atoms with van der Waals surface area (Å²) in [6.07, 6.45) is 0.0318. The summed E-state index contributed by atoms with van der Waals surface area (Å²) < 4.78 is 4.89. The van der Waals surface area contributed by atoms with Crippen LogP contribution in [0.5, 0.6) is 0 Å². The maximum absolute atomic E-state index is 12.1. The minimum absolute atomic E-state index is 0.0318. The van der Waals surface area contributed by atoms with Crippen LogP contribution in [0.15, 0.2) is 0 Å². The fraction of sp³-hybridized carbons (Fsp3) is 0.600. The summed E-state index contributed by atoms with van der Waals surface area (Å²) in [5.41, 5.74) is 1.45. The van der Waals surface area contributed by atoms with Crippen molar-refractivity contribution < 1.29 is 19.4 Å². The first kappa shape index (κ1) is 18.4. The summed E-state index contributed by atoms with van der Waals surface area (Å²) in [6.45, 7) is 5.65. The lowest BCUT2D eigenvalue weighted by Gasteiger charge is -2.25. The first-order valence-corrected chi connectivity index (χ1v) is 7.89. The maximum atomic E-state index is 12.1. The molecular formula is C15H24N2O4S. The number of carboxylic acids is 1. The molecule has 0 radical (unpaired) electrons. The van der Waals surface area contributed by atoms with Gasteiger partial charge in [0.15, 0.2) is 0 Å². The molecular weight excluding hydrogens is 304 g/mol. The van der Waals surface area contributed by atoms with E-state index in [4.69, 9.17) is 9.84 Å². The molecule has 124 valence electrons. The predicted molar refractivity (Wildman–Crippen MR) is 88.2 cm³/mol. The van der Waals surface area contributed by atoms with Crippen molar-refractivity contribution in [2.75, 3.05) is 45.7 Å². The van der Waals surface area contributed by atoms with E-state index in [9.17, 15) is 9.59 Å². The SMILES string of the molecule is COC(=O)c1c(N(CCC(=O)O)CCN(C)C)sc(C)c1C. The molecule has 1 heterocycles. The van der Waals surface area contributed by atoms with Gasteiger partial charge in [-0.05, 0) is 33.5 Å². The second kappa shape index (κ2) is 8.14. The average molecular weight is 328 g/mol. The van der Waals surface area contributed by atoms with Gasteiger partial charge in [-0.3, -0.25) is 4.79 Å². The van der Waals surface area contributed by atoms with E-state index in [1.165, 1.54) is 18.4 Å². The van der Waals surface area contributed by atoms with Crippen molar-refractivity contribution in [1.29, 1.82) is 0 Å². The zero-order valence-electron chi connectivity index (χ0n) is 13.8. The number of aryl methyl sites for hydroxylation is 1. The van der Waals surface area contributed by atoms with Gasteiger partial charge in [0.25, 0.3) is 0 Å². The third-order valence-corrected chi connectivity index (χ3v) is 4.72. The number of hydrogen-bond donors (Lipinski definition) is 1. The molecule has 0 bridgehead atoms. The Morgan fingerprint density at radius 1 is 1.18 bits per heavy atom. The molecule has 0 aliphatic rings. The molecule has 0 aliphatic heterocycles. The van der Waals surface area contributed by atoms with E-state index in [2.05, 4.69) is 0 Å². The molecule has 0 aliphatic carbocycles. The summed E-state index contributed by atoms with van der Waals surface area (Å²) in [4.78, 5) is 28.0. The monoisotopic (exact) mass is 328 g/mol. The summed E-state index contributed by atoms with van der Waals surface area (Å²) in [5, 5.41) is 9.74. The van der Waals surface area contributed by atoms with Gasteiger partial charge in [0.1, 0.15) is 5.00 Å². The number of rotatable bonds is 8. The maximum Gasteiger partial charge on any atom is 0.341 e. The number of methoxy groups -OCH3 is 1. The van der Waals surface area contributed by atoms with Crippen LogP contribution in [-0.2, 0) is 9.53 Å². The Kier molecular flexibility index (Phi) is 6.83. The van der Waals surface area contributed by atoms with Gasteiger partial charge >= 0.3 is 11.9 Å². The van der Waals surface area contributed by atoms with Gasteiger partial charge in [0.05, 0.1) is 19.1 Å². The Bertz CT molecular complexity index is 540. The van der Waals surface area contributed by atoms with Crippen LogP contribution in [0.25, 0.3) is 0 Å². The van der Waals surface area contributed by atoms with E-state index in [1.54, 1.807) is 0 Å². The van der Waals surface area contributed by atoms with E-state index in [1.807, 2.05) is 37.7 Å². The molecule has 0 unspecified atom stereocenters. The number of anilines is 1. The second-order valence-electron chi connectivity index (χ2n) is 5.39. The number of ether oxygens (including phenoxy) is 1. The van der Waals surface area contributed by atoms with E-state index in [0.717, 1.165) is 22.0 Å². The van der Waals surface area contributed by atoms with Crippen molar-refractivity contribution in [3.05, 3.63) is 16.0 Å². The third-order valence-electron chi connectivity index (χ3n) is 3.46. The first-order valence-electron chi connectivity index (χ1n) is 7.07. The predicted octanol–water partition coefficient (Wildman–Crippen LogP) is 1.99. The van der Waals surface area contributed by atoms with Crippen LogP contribution >= 0.6 is 11.3 Å². The van der Waals surface area contributed by atoms with Crippen LogP contribution in [0, 0.1) is 13.8 Å². The van der Waals surface area contributed by atoms with Gasteiger partial charge < -0.3 is 19.6 Å². The highest BCUT2D eigenvalue weighted by atomic mass is 32.1. The average Bonchev–Trinajstić information content (AvgIpc) is 2.73. The molecule has 0 saturated carbocycles. The number of aliphatic carboxylic acids is 1. The van der Waals surface area contributed by atoms with Gasteiger partial charge in [-0.25, -0.2) is 4.79 Å². The van der Waals surface area contributed by atoms with E-state index in [-0.39, 0.29) is 12.4 Å². The Balaban J connectivity index is 3.13. The van der Waals surface area contributed by atoms with Gasteiger partial charge in [-0.15, -0.1) is 11.3 Å². The normalized spacial score (nSPS) is 10.8. The van der Waals surface area contributed by atoms with Gasteiger partial charge in [0.2, 0.25) is 0 Å². The number of likely N-dealkylation sites (N-methyl/N-ethyl adjacent to an activating group) is 1. The molecule has 1 aromatic heterocycles. The Labute approximate surface area is 135 Å². The zero-order valence-corrected chi connectivity index (χ0v) is 14.6. The van der Waals surface area contributed by atoms with Crippen LogP contribution in [-0.4, -0.2) is 62.8 Å². The third kappa shape index (κ3) is 4.71. The molecule has 0 spiro atoms. The topological polar surface area (TPSA) is 70.1 Å². The zero-order chi connectivity index (χ0) is 16.9. The van der Waals surface area contributed by atoms with Crippen molar-refractivity contribution in [2.45, 2.75) is 20.3 Å². The van der Waals surface area contributed by atoms with Crippen molar-refractivity contribution in [1.82, 2.24) is 4.90 Å². The summed E-state index contributed by atoms with van der Waals surface area (Å²) >= 11 is 1.51. The largest absolute Gasteiger partial charge is 0.481 e. The van der Waals surface area contributed by atoms with Crippen LogP contribution in [0.4, 0.5) is 5.00 Å². The number of thiophene rings is 1. The molecule has 0 saturated heterocycles. The highest BCUT2D eigenvalue weighted by Gasteiger charge is 2.24. The molecule has 0 amide bonds. The molecule has 1 aromatic rings. The molecule has 6 nitrogen and oxygen atoms in total. The molecule has 22 heavy (non-hydrogen) atoms. The molecule has 0 aromatic carbocycles. The van der Waals surface area contributed by atoms with Crippen LogP contribution in [0.2, 0.25) is 0 Å². The van der Waals surface area contributed by atoms with Crippen LogP contribution in [0.1, 0.15) is 27.2 Å². The van der Waals surface area contributed by atoms with Crippen molar-refractivity contribution in [3.63, 3.8) is 0 Å². The number of nitrogens with zero attached hydrogens (tertiary/aromatic N) is 2. The molecule has 0 atom stereocenters. The summed E-state index contributed by atoms with van der Waals surface area (Å²) in [5.74, 6) is -1.22. The number of carboxylic acid groups (broad SMARTS) is 1. The van der Waals surface area contributed by atoms with E-state index >= 15 is 0 Å². The lowest BCUT2D eigenvalue weighted by Crippen LogP contribution is -2.33. The molecule has 0 fully saturated rings. The number of carbonyl (C=O) groups is 2. The smallest absolute Gasteiger partial charge is 0.341 e. The summed E-state index contributed by atoms with van der Waals surface area (Å²) in [7, 11) is 5.28. The van der Waals surface area contributed by atoms with E-state index < -0.39 is 5.97 Å². The van der Waals surface area contributed by atoms with Gasteiger partial charge in [-0.2, -0.15) is 0 Å². The lowest BCUT2D eigenvalue weighted by atomic mass is 10.1. The highest BCUT2D eigenvalue weighted by Crippen LogP contribution is 2.36. The van der Waals surface area contributed by atoms with Crippen LogP contribution < -0.4 is 4.90 Å². The Morgan fingerprint density at radius 3 is 2.32 bits per heavy atom. The minimum Gasteiger partial charge on any atom is -0.481 e. The molecule has 1 rings (SSSR count). The quantitative estimate of drug-likeness (QED) is 0.736. The van der Waals surface area contributed by atoms with E-state index in [0.29, 0.717) is 18.7 Å². The second-order valence-corrected chi connectivity index (χ2v) is 6.59.